The summed E-state index contributed by atoms with van der Waals surface area (Å²) in [4.78, 5) is 10.7. The van der Waals surface area contributed by atoms with Crippen molar-refractivity contribution in [2.75, 3.05) is 0 Å². The van der Waals surface area contributed by atoms with Crippen LogP contribution in [0, 0.1) is 0 Å². The SMILES string of the molecule is O=C(O)c1ccc2cc(C(O)O)ccc2c1. The van der Waals surface area contributed by atoms with E-state index in [0.29, 0.717) is 5.56 Å². The maximum absolute atomic E-state index is 10.7. The van der Waals surface area contributed by atoms with Crippen molar-refractivity contribution in [2.24, 2.45) is 0 Å². The largest absolute Gasteiger partial charge is 0.478 e. The highest BCUT2D eigenvalue weighted by molar-refractivity contribution is 5.94. The van der Waals surface area contributed by atoms with Gasteiger partial charge in [0.15, 0.2) is 6.29 Å². The van der Waals surface area contributed by atoms with Crippen LogP contribution in [0.4, 0.5) is 0 Å². The topological polar surface area (TPSA) is 77.8 Å². The predicted molar refractivity (Wildman–Crippen MR) is 58.1 cm³/mol. The first-order valence-corrected chi connectivity index (χ1v) is 4.71. The van der Waals surface area contributed by atoms with E-state index < -0.39 is 12.3 Å². The van der Waals surface area contributed by atoms with Crippen LogP contribution in [0.5, 0.6) is 0 Å². The van der Waals surface area contributed by atoms with E-state index >= 15 is 0 Å². The van der Waals surface area contributed by atoms with Crippen molar-refractivity contribution >= 4 is 16.7 Å². The van der Waals surface area contributed by atoms with Crippen LogP contribution < -0.4 is 0 Å². The van der Waals surface area contributed by atoms with Gasteiger partial charge in [0, 0.05) is 5.56 Å². The zero-order chi connectivity index (χ0) is 11.7. The lowest BCUT2D eigenvalue weighted by molar-refractivity contribution is -0.0423. The molecule has 4 heteroatoms. The highest BCUT2D eigenvalue weighted by Gasteiger charge is 2.06. The van der Waals surface area contributed by atoms with E-state index in [9.17, 15) is 4.79 Å². The van der Waals surface area contributed by atoms with Gasteiger partial charge in [0.05, 0.1) is 5.56 Å². The quantitative estimate of drug-likeness (QED) is 0.668. The minimum atomic E-state index is -1.51. The lowest BCUT2D eigenvalue weighted by Crippen LogP contribution is -1.97. The average Bonchev–Trinajstić information content (AvgIpc) is 2.27. The number of aromatic carboxylic acids is 1. The van der Waals surface area contributed by atoms with Gasteiger partial charge in [-0.3, -0.25) is 0 Å². The number of aliphatic hydroxyl groups excluding tert-OH is 1. The third kappa shape index (κ3) is 1.88. The Kier molecular flexibility index (Phi) is 2.60. The van der Waals surface area contributed by atoms with E-state index in [1.165, 1.54) is 6.07 Å². The Morgan fingerprint density at radius 1 is 1.00 bits per heavy atom. The zero-order valence-corrected chi connectivity index (χ0v) is 8.29. The minimum absolute atomic E-state index is 0.213. The molecule has 3 N–H and O–H groups in total. The first kappa shape index (κ1) is 10.6. The Bertz CT molecular complexity index is 546. The molecule has 0 unspecified atom stereocenters. The highest BCUT2D eigenvalue weighted by atomic mass is 16.5. The van der Waals surface area contributed by atoms with Crippen molar-refractivity contribution < 1.29 is 20.1 Å². The smallest absolute Gasteiger partial charge is 0.335 e. The first-order valence-electron chi connectivity index (χ1n) is 4.71. The van der Waals surface area contributed by atoms with Crippen molar-refractivity contribution in [3.63, 3.8) is 0 Å². The van der Waals surface area contributed by atoms with Crippen LogP contribution in [0.25, 0.3) is 10.8 Å². The maximum atomic E-state index is 10.7. The molecule has 0 spiro atoms. The lowest BCUT2D eigenvalue weighted by atomic mass is 10.0. The molecule has 0 amide bonds. The normalized spacial score (nSPS) is 10.9. The van der Waals surface area contributed by atoms with Gasteiger partial charge in [-0.2, -0.15) is 0 Å². The number of hydrogen-bond donors (Lipinski definition) is 3. The number of hydrogen-bond acceptors (Lipinski definition) is 3. The molecule has 0 aromatic heterocycles. The molecular weight excluding hydrogens is 208 g/mol. The van der Waals surface area contributed by atoms with Crippen LogP contribution in [0.15, 0.2) is 36.4 Å². The number of rotatable bonds is 2. The molecule has 0 bridgehead atoms. The molecule has 4 nitrogen and oxygen atoms in total. The Morgan fingerprint density at radius 2 is 1.62 bits per heavy atom. The number of carboxylic acid groups (broad SMARTS) is 1. The van der Waals surface area contributed by atoms with Crippen LogP contribution in [-0.2, 0) is 0 Å². The Morgan fingerprint density at radius 3 is 2.25 bits per heavy atom. The monoisotopic (exact) mass is 218 g/mol. The molecule has 2 aromatic carbocycles. The summed E-state index contributed by atoms with van der Waals surface area (Å²) in [6.07, 6.45) is -1.51. The molecule has 0 radical (unpaired) electrons. The van der Waals surface area contributed by atoms with Crippen LogP contribution in [0.3, 0.4) is 0 Å². The van der Waals surface area contributed by atoms with Crippen molar-refractivity contribution in [3.8, 4) is 0 Å². The van der Waals surface area contributed by atoms with E-state index in [1.54, 1.807) is 30.3 Å². The standard InChI is InChI=1S/C12H10O4/c13-11(14)9-3-1-7-5-10(12(15)16)4-2-8(7)6-9/h1-6,11,13-14H,(H,15,16). The summed E-state index contributed by atoms with van der Waals surface area (Å²) in [6, 6.07) is 9.51. The van der Waals surface area contributed by atoms with Crippen molar-refractivity contribution in [2.45, 2.75) is 6.29 Å². The molecule has 16 heavy (non-hydrogen) atoms. The van der Waals surface area contributed by atoms with E-state index in [0.717, 1.165) is 10.8 Å². The van der Waals surface area contributed by atoms with Gasteiger partial charge >= 0.3 is 5.97 Å². The molecule has 0 fully saturated rings. The molecular formula is C12H10O4. The molecule has 2 aromatic rings. The summed E-state index contributed by atoms with van der Waals surface area (Å²) in [6.45, 7) is 0. The second-order valence-electron chi connectivity index (χ2n) is 3.50. The first-order chi connectivity index (χ1) is 7.58. The van der Waals surface area contributed by atoms with Crippen molar-refractivity contribution in [3.05, 3.63) is 47.5 Å². The summed E-state index contributed by atoms with van der Waals surface area (Å²) in [5.74, 6) is -0.979. The molecule has 2 rings (SSSR count). The van der Waals surface area contributed by atoms with Crippen LogP contribution in [-0.4, -0.2) is 21.3 Å². The second kappa shape index (κ2) is 3.92. The molecule has 0 aliphatic rings. The van der Waals surface area contributed by atoms with Gasteiger partial charge in [0.25, 0.3) is 0 Å². The number of benzene rings is 2. The molecule has 0 heterocycles. The minimum Gasteiger partial charge on any atom is -0.478 e. The summed E-state index contributed by atoms with van der Waals surface area (Å²) >= 11 is 0. The summed E-state index contributed by atoms with van der Waals surface area (Å²) in [5.41, 5.74) is 0.598. The molecule has 0 atom stereocenters. The number of aliphatic hydroxyl groups is 2. The van der Waals surface area contributed by atoms with Crippen molar-refractivity contribution in [1.82, 2.24) is 0 Å². The number of carboxylic acids is 1. The van der Waals surface area contributed by atoms with Gasteiger partial charge in [-0.15, -0.1) is 0 Å². The third-order valence-corrected chi connectivity index (χ3v) is 2.41. The molecule has 0 saturated heterocycles. The van der Waals surface area contributed by atoms with Crippen LogP contribution >= 0.6 is 0 Å². The van der Waals surface area contributed by atoms with E-state index in [1.807, 2.05) is 0 Å². The maximum Gasteiger partial charge on any atom is 0.335 e. The number of fused-ring (bicyclic) bond motifs is 1. The van der Waals surface area contributed by atoms with E-state index in [-0.39, 0.29) is 5.56 Å². The van der Waals surface area contributed by atoms with E-state index in [2.05, 4.69) is 0 Å². The summed E-state index contributed by atoms with van der Waals surface area (Å²) < 4.78 is 0. The van der Waals surface area contributed by atoms with Crippen molar-refractivity contribution in [1.29, 1.82) is 0 Å². The number of carbonyl (C=O) groups is 1. The van der Waals surface area contributed by atoms with Gasteiger partial charge < -0.3 is 15.3 Å². The fraction of sp³-hybridized carbons (Fsp3) is 0.0833. The Hall–Kier alpha value is -1.91. The Balaban J connectivity index is 2.57. The molecule has 0 aliphatic carbocycles. The predicted octanol–water partition coefficient (Wildman–Crippen LogP) is 1.52. The lowest BCUT2D eigenvalue weighted by Gasteiger charge is -2.05. The van der Waals surface area contributed by atoms with Gasteiger partial charge in [0.1, 0.15) is 0 Å². The van der Waals surface area contributed by atoms with Gasteiger partial charge in [0.2, 0.25) is 0 Å². The van der Waals surface area contributed by atoms with Crippen LogP contribution in [0.2, 0.25) is 0 Å². The highest BCUT2D eigenvalue weighted by Crippen LogP contribution is 2.20. The third-order valence-electron chi connectivity index (χ3n) is 2.41. The van der Waals surface area contributed by atoms with Crippen LogP contribution in [0.1, 0.15) is 22.2 Å². The Labute approximate surface area is 91.4 Å². The second-order valence-corrected chi connectivity index (χ2v) is 3.50. The fourth-order valence-corrected chi connectivity index (χ4v) is 1.56. The van der Waals surface area contributed by atoms with Gasteiger partial charge in [-0.1, -0.05) is 18.2 Å². The fourth-order valence-electron chi connectivity index (χ4n) is 1.56. The molecule has 0 saturated carbocycles. The zero-order valence-electron chi connectivity index (χ0n) is 8.29. The summed E-state index contributed by atoms with van der Waals surface area (Å²) in [5, 5.41) is 28.3. The molecule has 82 valence electrons. The summed E-state index contributed by atoms with van der Waals surface area (Å²) in [7, 11) is 0. The van der Waals surface area contributed by atoms with E-state index in [4.69, 9.17) is 15.3 Å². The van der Waals surface area contributed by atoms with Gasteiger partial charge in [-0.05, 0) is 29.0 Å². The van der Waals surface area contributed by atoms with Gasteiger partial charge in [-0.25, -0.2) is 4.79 Å². The molecule has 0 aliphatic heterocycles. The average molecular weight is 218 g/mol.